The molecule has 6 heteroatoms. The van der Waals surface area contributed by atoms with Crippen LogP contribution in [0, 0.1) is 5.92 Å². The first-order valence-corrected chi connectivity index (χ1v) is 20.5. The summed E-state index contributed by atoms with van der Waals surface area (Å²) in [6.45, 7) is 17.2. The normalized spacial score (nSPS) is 11.0. The fraction of sp³-hybridized carbons (Fsp3) is 0.814. The van der Waals surface area contributed by atoms with Crippen LogP contribution in [0.5, 0.6) is 0 Å². The minimum atomic E-state index is -0.157. The van der Waals surface area contributed by atoms with Crippen molar-refractivity contribution in [3.05, 3.63) is 35.9 Å². The van der Waals surface area contributed by atoms with Crippen molar-refractivity contribution >= 4 is 11.8 Å². The topological polar surface area (TPSA) is 90.7 Å². The number of rotatable bonds is 29. The largest absolute Gasteiger partial charge is 0.385 e. The first-order valence-electron chi connectivity index (χ1n) is 20.5. The average Bonchev–Trinajstić information content (AvgIpc) is 3.10. The Morgan fingerprint density at radius 3 is 1.63 bits per heavy atom. The molecule has 0 heterocycles. The number of carbonyl (C=O) groups excluding carboxylic acids is 2. The summed E-state index contributed by atoms with van der Waals surface area (Å²) in [5, 5.41) is 2.91. The summed E-state index contributed by atoms with van der Waals surface area (Å²) in [5.41, 5.74) is 6.61. The monoisotopic (exact) mass is 693 g/mol. The van der Waals surface area contributed by atoms with E-state index in [4.69, 9.17) is 15.2 Å². The number of nitrogens with two attached hydrogens (primary N) is 1. The van der Waals surface area contributed by atoms with Crippen LogP contribution in [0.2, 0.25) is 0 Å². The lowest BCUT2D eigenvalue weighted by atomic mass is 10.0. The molecular formula is C43H84N2O4. The zero-order valence-corrected chi connectivity index (χ0v) is 33.9. The Morgan fingerprint density at radius 2 is 1.18 bits per heavy atom. The molecule has 1 aromatic carbocycles. The van der Waals surface area contributed by atoms with Gasteiger partial charge < -0.3 is 20.5 Å². The molecule has 0 bridgehead atoms. The molecule has 0 aliphatic rings. The SMILES string of the molecule is CC.CCCCNC(=O)CCC(C)OCCCC.COCCC(C)C.NC(=O)CCCCCCCCCCCCCCCc1ccccc1. The molecule has 0 radical (unpaired) electrons. The van der Waals surface area contributed by atoms with Crippen LogP contribution in [0.15, 0.2) is 30.3 Å². The molecule has 0 aliphatic heterocycles. The van der Waals surface area contributed by atoms with Gasteiger partial charge in [-0.1, -0.05) is 155 Å². The van der Waals surface area contributed by atoms with Gasteiger partial charge in [-0.25, -0.2) is 0 Å². The molecule has 0 saturated heterocycles. The van der Waals surface area contributed by atoms with Gasteiger partial charge in [0.2, 0.25) is 11.8 Å². The highest BCUT2D eigenvalue weighted by atomic mass is 16.5. The van der Waals surface area contributed by atoms with Crippen molar-refractivity contribution in [3.63, 3.8) is 0 Å². The highest BCUT2D eigenvalue weighted by molar-refractivity contribution is 5.75. The molecule has 1 unspecified atom stereocenters. The number of nitrogens with one attached hydrogen (secondary N) is 1. The molecular weight excluding hydrogens is 608 g/mol. The van der Waals surface area contributed by atoms with Crippen molar-refractivity contribution in [2.75, 3.05) is 26.9 Å². The van der Waals surface area contributed by atoms with Crippen LogP contribution in [-0.2, 0) is 25.5 Å². The van der Waals surface area contributed by atoms with E-state index >= 15 is 0 Å². The molecule has 0 aromatic heterocycles. The van der Waals surface area contributed by atoms with Crippen LogP contribution in [0.25, 0.3) is 0 Å². The molecule has 1 aromatic rings. The van der Waals surface area contributed by atoms with Gasteiger partial charge in [-0.2, -0.15) is 0 Å². The van der Waals surface area contributed by atoms with E-state index in [0.29, 0.717) is 12.8 Å². The van der Waals surface area contributed by atoms with Crippen LogP contribution in [0.1, 0.15) is 189 Å². The van der Waals surface area contributed by atoms with Gasteiger partial charge >= 0.3 is 0 Å². The smallest absolute Gasteiger partial charge is 0.220 e. The second kappa shape index (κ2) is 44.1. The number of primary amides is 1. The molecule has 1 atom stereocenters. The van der Waals surface area contributed by atoms with Crippen molar-refractivity contribution in [2.24, 2.45) is 11.7 Å². The number of hydrogen-bond donors (Lipinski definition) is 2. The number of amides is 2. The van der Waals surface area contributed by atoms with E-state index in [1.165, 1.54) is 89.0 Å². The van der Waals surface area contributed by atoms with Gasteiger partial charge in [-0.05, 0) is 63.4 Å². The van der Waals surface area contributed by atoms with Crippen molar-refractivity contribution in [1.82, 2.24) is 5.32 Å². The zero-order valence-electron chi connectivity index (χ0n) is 33.9. The molecule has 0 spiro atoms. The molecule has 49 heavy (non-hydrogen) atoms. The van der Waals surface area contributed by atoms with Gasteiger partial charge in [0.1, 0.15) is 0 Å². The number of benzene rings is 1. The third-order valence-electron chi connectivity index (χ3n) is 8.16. The average molecular weight is 693 g/mol. The number of methoxy groups -OCH3 is 1. The van der Waals surface area contributed by atoms with Crippen molar-refractivity contribution < 1.29 is 19.1 Å². The Kier molecular flexibility index (Phi) is 46.3. The maximum Gasteiger partial charge on any atom is 0.220 e. The standard InChI is InChI=1S/C22H37NO.C13H27NO2.C6H14O.C2H6/c23-22(24)20-16-11-9-7-5-3-1-2-4-6-8-10-13-17-21-18-14-12-15-19-21;1-4-6-10-14-13(15)9-8-12(3)16-11-7-5-2;1-6(2)4-5-7-3;1-2/h12,14-15,18-19H,1-11,13,16-17,20H2,(H2,23,24);12H,4-11H2,1-3H3,(H,14,15);6H,4-5H2,1-3H3;1-2H3. The highest BCUT2D eigenvalue weighted by Gasteiger charge is 2.06. The number of hydrogen-bond acceptors (Lipinski definition) is 4. The predicted molar refractivity (Wildman–Crippen MR) is 214 cm³/mol. The van der Waals surface area contributed by atoms with Crippen LogP contribution in [-0.4, -0.2) is 44.8 Å². The Bertz CT molecular complexity index is 772. The molecule has 3 N–H and O–H groups in total. The lowest BCUT2D eigenvalue weighted by Crippen LogP contribution is -2.25. The van der Waals surface area contributed by atoms with E-state index in [1.807, 2.05) is 20.8 Å². The van der Waals surface area contributed by atoms with E-state index < -0.39 is 0 Å². The molecule has 1 rings (SSSR count). The number of ether oxygens (including phenoxy) is 2. The molecule has 6 nitrogen and oxygen atoms in total. The van der Waals surface area contributed by atoms with Gasteiger partial charge in [-0.3, -0.25) is 9.59 Å². The van der Waals surface area contributed by atoms with Gasteiger partial charge in [0.15, 0.2) is 0 Å². The first kappa shape index (κ1) is 51.4. The maximum atomic E-state index is 11.4. The van der Waals surface area contributed by atoms with E-state index in [-0.39, 0.29) is 17.9 Å². The number of unbranched alkanes of at least 4 members (excludes halogenated alkanes) is 14. The lowest BCUT2D eigenvalue weighted by molar-refractivity contribution is -0.122. The van der Waals surface area contributed by atoms with Crippen LogP contribution in [0.3, 0.4) is 0 Å². The van der Waals surface area contributed by atoms with Gasteiger partial charge in [0.25, 0.3) is 0 Å². The first-order chi connectivity index (χ1) is 23.8. The highest BCUT2D eigenvalue weighted by Crippen LogP contribution is 2.14. The Labute approximate surface area is 305 Å². The molecule has 0 fully saturated rings. The van der Waals surface area contributed by atoms with Crippen LogP contribution in [0.4, 0.5) is 0 Å². The number of aryl methyl sites for hydroxylation is 1. The number of carbonyl (C=O) groups is 2. The van der Waals surface area contributed by atoms with E-state index in [1.54, 1.807) is 7.11 Å². The minimum absolute atomic E-state index is 0.152. The minimum Gasteiger partial charge on any atom is -0.385 e. The fourth-order valence-corrected chi connectivity index (χ4v) is 4.91. The van der Waals surface area contributed by atoms with E-state index in [9.17, 15) is 9.59 Å². The van der Waals surface area contributed by atoms with Crippen LogP contribution < -0.4 is 11.1 Å². The summed E-state index contributed by atoms with van der Waals surface area (Å²) in [6.07, 6.45) is 26.2. The summed E-state index contributed by atoms with van der Waals surface area (Å²) in [4.78, 5) is 22.0. The summed E-state index contributed by atoms with van der Waals surface area (Å²) >= 11 is 0. The summed E-state index contributed by atoms with van der Waals surface area (Å²) in [7, 11) is 1.74. The Morgan fingerprint density at radius 1 is 0.673 bits per heavy atom. The molecule has 0 saturated carbocycles. The summed E-state index contributed by atoms with van der Waals surface area (Å²) in [6, 6.07) is 10.8. The van der Waals surface area contributed by atoms with Gasteiger partial charge in [0, 0.05) is 39.7 Å². The van der Waals surface area contributed by atoms with Crippen molar-refractivity contribution in [1.29, 1.82) is 0 Å². The molecule has 0 aliphatic carbocycles. The third-order valence-corrected chi connectivity index (χ3v) is 8.16. The predicted octanol–water partition coefficient (Wildman–Crippen LogP) is 11.8. The van der Waals surface area contributed by atoms with E-state index in [2.05, 4.69) is 63.3 Å². The maximum absolute atomic E-state index is 11.4. The van der Waals surface area contributed by atoms with Crippen LogP contribution >= 0.6 is 0 Å². The second-order valence-corrected chi connectivity index (χ2v) is 13.5. The Balaban J connectivity index is -0.000000726. The van der Waals surface area contributed by atoms with Gasteiger partial charge in [-0.15, -0.1) is 0 Å². The fourth-order valence-electron chi connectivity index (χ4n) is 4.91. The quantitative estimate of drug-likeness (QED) is 0.0818. The summed E-state index contributed by atoms with van der Waals surface area (Å²) < 4.78 is 10.4. The second-order valence-electron chi connectivity index (χ2n) is 13.5. The summed E-state index contributed by atoms with van der Waals surface area (Å²) in [5.74, 6) is 0.773. The van der Waals surface area contributed by atoms with Crippen molar-refractivity contribution in [2.45, 2.75) is 196 Å². The third kappa shape index (κ3) is 48.2. The lowest BCUT2D eigenvalue weighted by Gasteiger charge is -2.12. The van der Waals surface area contributed by atoms with E-state index in [0.717, 1.165) is 70.6 Å². The van der Waals surface area contributed by atoms with Crippen molar-refractivity contribution in [3.8, 4) is 0 Å². The Hall–Kier alpha value is -1.92. The molecule has 2 amide bonds. The zero-order chi connectivity index (χ0) is 37.2. The van der Waals surface area contributed by atoms with Gasteiger partial charge in [0.05, 0.1) is 6.10 Å². The molecule has 290 valence electrons.